The van der Waals surface area contributed by atoms with Crippen LogP contribution in [0.4, 0.5) is 17.4 Å². The summed E-state index contributed by atoms with van der Waals surface area (Å²) in [7, 11) is 1.64. The van der Waals surface area contributed by atoms with E-state index < -0.39 is 0 Å². The number of nitrogens with one attached hydrogen (secondary N) is 1. The Morgan fingerprint density at radius 1 is 0.875 bits per heavy atom. The number of hydrogen-bond donors (Lipinski definition) is 2. The normalized spacial score (nSPS) is 10.8. The Bertz CT molecular complexity index is 1340. The molecule has 7 nitrogen and oxygen atoms in total. The molecule has 3 aromatic carbocycles. The van der Waals surface area contributed by atoms with Gasteiger partial charge in [-0.2, -0.15) is 0 Å². The number of nitrogen functional groups attached to an aromatic ring is 1. The van der Waals surface area contributed by atoms with Gasteiger partial charge >= 0.3 is 0 Å². The molecule has 2 heterocycles. The van der Waals surface area contributed by atoms with E-state index >= 15 is 0 Å². The molecule has 0 aliphatic heterocycles. The minimum Gasteiger partial charge on any atom is -0.495 e. The highest BCUT2D eigenvalue weighted by molar-refractivity contribution is 5.81. The lowest BCUT2D eigenvalue weighted by Crippen LogP contribution is -2.03. The van der Waals surface area contributed by atoms with Crippen LogP contribution in [0.2, 0.25) is 0 Å². The molecule has 2 aromatic heterocycles. The quantitative estimate of drug-likeness (QED) is 0.373. The van der Waals surface area contributed by atoms with Crippen LogP contribution in [0.3, 0.4) is 0 Å². The van der Waals surface area contributed by atoms with Crippen molar-refractivity contribution >= 4 is 17.4 Å². The van der Waals surface area contributed by atoms with Gasteiger partial charge in [-0.05, 0) is 36.4 Å². The number of rotatable bonds is 6. The molecule has 5 rings (SSSR count). The van der Waals surface area contributed by atoms with Crippen LogP contribution in [0.25, 0.3) is 28.5 Å². The average molecular weight is 423 g/mol. The Hall–Kier alpha value is -4.52. The zero-order valence-electron chi connectivity index (χ0n) is 17.4. The van der Waals surface area contributed by atoms with E-state index in [1.165, 1.54) is 0 Å². The van der Waals surface area contributed by atoms with Crippen molar-refractivity contribution in [2.45, 2.75) is 0 Å². The first-order valence-electron chi connectivity index (χ1n) is 10.1. The van der Waals surface area contributed by atoms with E-state index in [4.69, 9.17) is 14.9 Å². The number of benzene rings is 3. The summed E-state index contributed by atoms with van der Waals surface area (Å²) in [5.74, 6) is 2.05. The fourth-order valence-corrected chi connectivity index (χ4v) is 3.52. The van der Waals surface area contributed by atoms with Crippen LogP contribution in [0, 0.1) is 0 Å². The molecule has 0 aliphatic rings. The molecule has 0 saturated carbocycles. The number of methoxy groups -OCH3 is 1. The minimum absolute atomic E-state index is 0.199. The Morgan fingerprint density at radius 2 is 1.56 bits per heavy atom. The van der Waals surface area contributed by atoms with Gasteiger partial charge in [0.2, 0.25) is 11.8 Å². The lowest BCUT2D eigenvalue weighted by Gasteiger charge is -2.14. The number of para-hydroxylation sites is 3. The van der Waals surface area contributed by atoms with Crippen LogP contribution in [-0.2, 0) is 0 Å². The zero-order chi connectivity index (χ0) is 21.9. The molecule has 0 aliphatic carbocycles. The van der Waals surface area contributed by atoms with Crippen LogP contribution in [0.1, 0.15) is 0 Å². The highest BCUT2D eigenvalue weighted by atomic mass is 16.5. The van der Waals surface area contributed by atoms with Gasteiger partial charge in [-0.3, -0.25) is 4.57 Å². The third-order valence-corrected chi connectivity index (χ3v) is 5.05. The number of oxazole rings is 1. The highest BCUT2D eigenvalue weighted by Crippen LogP contribution is 2.37. The Labute approximate surface area is 185 Å². The van der Waals surface area contributed by atoms with E-state index in [1.54, 1.807) is 13.4 Å². The first-order valence-corrected chi connectivity index (χ1v) is 10.1. The van der Waals surface area contributed by atoms with E-state index in [2.05, 4.69) is 15.3 Å². The molecule has 158 valence electrons. The Kier molecular flexibility index (Phi) is 5.05. The molecule has 0 unspecified atom stereocenters. The highest BCUT2D eigenvalue weighted by Gasteiger charge is 2.23. The average Bonchev–Trinajstić information content (AvgIpc) is 3.43. The van der Waals surface area contributed by atoms with Crippen LogP contribution in [-0.4, -0.2) is 21.6 Å². The van der Waals surface area contributed by atoms with Gasteiger partial charge in [-0.1, -0.05) is 48.5 Å². The third kappa shape index (κ3) is 3.56. The summed E-state index contributed by atoms with van der Waals surface area (Å²) in [6.07, 6.45) is 1.72. The number of aromatic nitrogens is 3. The predicted octanol–water partition coefficient (Wildman–Crippen LogP) is 5.53. The molecule has 0 radical (unpaired) electrons. The number of nitrogens with two attached hydrogens (primary N) is 1. The monoisotopic (exact) mass is 423 g/mol. The van der Waals surface area contributed by atoms with E-state index in [0.29, 0.717) is 28.8 Å². The lowest BCUT2D eigenvalue weighted by atomic mass is 10.2. The maximum atomic E-state index is 6.25. The van der Waals surface area contributed by atoms with Crippen molar-refractivity contribution in [3.05, 3.63) is 91.3 Å². The van der Waals surface area contributed by atoms with Crippen molar-refractivity contribution in [1.82, 2.24) is 14.5 Å². The molecule has 0 atom stereocenters. The second-order valence-electron chi connectivity index (χ2n) is 7.07. The van der Waals surface area contributed by atoms with Gasteiger partial charge in [0.15, 0.2) is 5.69 Å². The summed E-state index contributed by atoms with van der Waals surface area (Å²) < 4.78 is 13.3. The topological polar surface area (TPSA) is 91.1 Å². The van der Waals surface area contributed by atoms with Crippen molar-refractivity contribution in [1.29, 1.82) is 0 Å². The number of imidazole rings is 1. The van der Waals surface area contributed by atoms with E-state index in [-0.39, 0.29) is 5.88 Å². The number of hydrogen-bond acceptors (Lipinski definition) is 6. The smallest absolute Gasteiger partial charge is 0.229 e. The Morgan fingerprint density at radius 3 is 2.31 bits per heavy atom. The molecular formula is C25H21N5O2. The predicted molar refractivity (Wildman–Crippen MR) is 125 cm³/mol. The minimum atomic E-state index is 0.199. The summed E-state index contributed by atoms with van der Waals surface area (Å²) in [5, 5.41) is 3.45. The van der Waals surface area contributed by atoms with Gasteiger partial charge in [0.05, 0.1) is 12.8 Å². The summed E-state index contributed by atoms with van der Waals surface area (Å²) >= 11 is 0. The molecule has 0 fully saturated rings. The number of ether oxygens (including phenoxy) is 1. The van der Waals surface area contributed by atoms with Crippen molar-refractivity contribution in [2.24, 2.45) is 0 Å². The second-order valence-corrected chi connectivity index (χ2v) is 7.07. The first kappa shape index (κ1) is 19.4. The standard InChI is InChI=1S/C25H21N5O2/c1-31-20-15-9-8-14-19(20)30-16-27-22(24(30)28-18-12-6-3-7-13-18)21-23(26)32-25(29-21)17-10-4-2-5-11-17/h2-16,28H,26H2,1H3. The molecule has 7 heteroatoms. The lowest BCUT2D eigenvalue weighted by molar-refractivity contribution is 0.413. The second kappa shape index (κ2) is 8.31. The van der Waals surface area contributed by atoms with Crippen LogP contribution in [0.15, 0.2) is 95.7 Å². The zero-order valence-corrected chi connectivity index (χ0v) is 17.4. The molecule has 0 spiro atoms. The molecule has 0 amide bonds. The molecule has 5 aromatic rings. The molecule has 32 heavy (non-hydrogen) atoms. The fraction of sp³-hybridized carbons (Fsp3) is 0.0400. The van der Waals surface area contributed by atoms with Gasteiger partial charge in [-0.25, -0.2) is 9.97 Å². The molecular weight excluding hydrogens is 402 g/mol. The van der Waals surface area contributed by atoms with Crippen molar-refractivity contribution < 1.29 is 9.15 Å². The molecule has 0 saturated heterocycles. The van der Waals surface area contributed by atoms with Gasteiger partial charge in [0.1, 0.15) is 23.6 Å². The summed E-state index contributed by atoms with van der Waals surface area (Å²) in [6.45, 7) is 0. The summed E-state index contributed by atoms with van der Waals surface area (Å²) in [4.78, 5) is 9.31. The van der Waals surface area contributed by atoms with Gasteiger partial charge in [-0.15, -0.1) is 0 Å². The van der Waals surface area contributed by atoms with E-state index in [9.17, 15) is 0 Å². The molecule has 0 bridgehead atoms. The fourth-order valence-electron chi connectivity index (χ4n) is 3.52. The SMILES string of the molecule is COc1ccccc1-n1cnc(-c2nc(-c3ccccc3)oc2N)c1Nc1ccccc1. The maximum Gasteiger partial charge on any atom is 0.229 e. The molecule has 3 N–H and O–H groups in total. The third-order valence-electron chi connectivity index (χ3n) is 5.05. The summed E-state index contributed by atoms with van der Waals surface area (Å²) in [5.41, 5.74) is 9.86. The first-order chi connectivity index (χ1) is 15.7. The van der Waals surface area contributed by atoms with Gasteiger partial charge in [0.25, 0.3) is 0 Å². The summed E-state index contributed by atoms with van der Waals surface area (Å²) in [6, 6.07) is 27.2. The van der Waals surface area contributed by atoms with Crippen LogP contribution >= 0.6 is 0 Å². The van der Waals surface area contributed by atoms with Crippen molar-refractivity contribution in [3.63, 3.8) is 0 Å². The maximum absolute atomic E-state index is 6.25. The largest absolute Gasteiger partial charge is 0.495 e. The number of anilines is 3. The van der Waals surface area contributed by atoms with Crippen molar-refractivity contribution in [2.75, 3.05) is 18.2 Å². The van der Waals surface area contributed by atoms with Crippen LogP contribution in [0.5, 0.6) is 5.75 Å². The van der Waals surface area contributed by atoms with Gasteiger partial charge < -0.3 is 20.2 Å². The Balaban J connectivity index is 1.66. The van der Waals surface area contributed by atoms with Crippen LogP contribution < -0.4 is 15.8 Å². The van der Waals surface area contributed by atoms with E-state index in [0.717, 1.165) is 16.9 Å². The number of nitrogens with zero attached hydrogens (tertiary/aromatic N) is 3. The van der Waals surface area contributed by atoms with Gasteiger partial charge in [0, 0.05) is 11.3 Å². The van der Waals surface area contributed by atoms with Crippen molar-refractivity contribution in [3.8, 4) is 34.3 Å². The van der Waals surface area contributed by atoms with E-state index in [1.807, 2.05) is 89.5 Å².